The Morgan fingerprint density at radius 2 is 2.33 bits per heavy atom. The van der Waals surface area contributed by atoms with Crippen LogP contribution in [0.1, 0.15) is 18.4 Å². The third kappa shape index (κ3) is 2.27. The highest BCUT2D eigenvalue weighted by atomic mass is 19.1. The van der Waals surface area contributed by atoms with E-state index in [0.29, 0.717) is 18.4 Å². The molecule has 0 amide bonds. The Kier molecular flexibility index (Phi) is 2.62. The van der Waals surface area contributed by atoms with Crippen LogP contribution in [0.25, 0.3) is 0 Å². The lowest BCUT2D eigenvalue weighted by atomic mass is 10.2. The Labute approximate surface area is 102 Å². The SMILES string of the molecule is O=c1[nH]c(N(Cc2ccc(F)nc2)C2CC2)co1. The molecule has 1 aliphatic rings. The number of aromatic nitrogens is 2. The van der Waals surface area contributed by atoms with Gasteiger partial charge in [-0.2, -0.15) is 4.39 Å². The minimum Gasteiger partial charge on any atom is -0.414 e. The van der Waals surface area contributed by atoms with Crippen molar-refractivity contribution in [2.75, 3.05) is 4.90 Å². The molecule has 94 valence electrons. The van der Waals surface area contributed by atoms with Crippen LogP contribution in [0, 0.1) is 5.95 Å². The minimum atomic E-state index is -0.492. The molecular weight excluding hydrogens is 237 g/mol. The summed E-state index contributed by atoms with van der Waals surface area (Å²) in [6, 6.07) is 3.43. The average Bonchev–Trinajstić information content (AvgIpc) is 3.11. The second kappa shape index (κ2) is 4.29. The predicted molar refractivity (Wildman–Crippen MR) is 62.7 cm³/mol. The first kappa shape index (κ1) is 11.0. The fourth-order valence-corrected chi connectivity index (χ4v) is 1.91. The van der Waals surface area contributed by atoms with E-state index in [1.807, 2.05) is 4.90 Å². The summed E-state index contributed by atoms with van der Waals surface area (Å²) in [4.78, 5) is 19.3. The zero-order chi connectivity index (χ0) is 12.5. The summed E-state index contributed by atoms with van der Waals surface area (Å²) in [6.45, 7) is 0.577. The molecule has 0 radical (unpaired) electrons. The fraction of sp³-hybridized carbons (Fsp3) is 0.333. The molecule has 0 atom stereocenters. The maximum atomic E-state index is 12.7. The third-order valence-electron chi connectivity index (χ3n) is 2.95. The van der Waals surface area contributed by atoms with E-state index < -0.39 is 11.7 Å². The van der Waals surface area contributed by atoms with Gasteiger partial charge in [-0.15, -0.1) is 0 Å². The Balaban J connectivity index is 1.82. The monoisotopic (exact) mass is 249 g/mol. The van der Waals surface area contributed by atoms with Gasteiger partial charge in [-0.05, 0) is 24.5 Å². The van der Waals surface area contributed by atoms with Crippen LogP contribution in [0.5, 0.6) is 0 Å². The quantitative estimate of drug-likeness (QED) is 0.837. The van der Waals surface area contributed by atoms with Gasteiger partial charge in [0.25, 0.3) is 0 Å². The van der Waals surface area contributed by atoms with Crippen molar-refractivity contribution in [2.24, 2.45) is 0 Å². The van der Waals surface area contributed by atoms with Crippen molar-refractivity contribution in [3.8, 4) is 0 Å². The van der Waals surface area contributed by atoms with Crippen molar-refractivity contribution in [1.82, 2.24) is 9.97 Å². The van der Waals surface area contributed by atoms with Gasteiger partial charge in [0.1, 0.15) is 12.1 Å². The Morgan fingerprint density at radius 1 is 1.50 bits per heavy atom. The van der Waals surface area contributed by atoms with E-state index in [1.165, 1.54) is 18.5 Å². The molecule has 1 aliphatic carbocycles. The Morgan fingerprint density at radius 3 is 2.89 bits per heavy atom. The van der Waals surface area contributed by atoms with Gasteiger partial charge in [0.05, 0.1) is 0 Å². The predicted octanol–water partition coefficient (Wildman–Crippen LogP) is 1.67. The standard InChI is InChI=1S/C12H12FN3O2/c13-10-4-1-8(5-14-10)6-16(9-2-3-9)11-7-18-12(17)15-11/h1,4-5,7,9H,2-3,6H2,(H,15,17). The van der Waals surface area contributed by atoms with Gasteiger partial charge in [-0.3, -0.25) is 4.98 Å². The third-order valence-corrected chi connectivity index (χ3v) is 2.95. The Bertz CT molecular complexity index is 586. The minimum absolute atomic E-state index is 0.406. The van der Waals surface area contributed by atoms with E-state index in [1.54, 1.807) is 6.07 Å². The molecular formula is C12H12FN3O2. The fourth-order valence-electron chi connectivity index (χ4n) is 1.91. The van der Waals surface area contributed by atoms with Gasteiger partial charge in [-0.25, -0.2) is 9.78 Å². The average molecular weight is 249 g/mol. The highest BCUT2D eigenvalue weighted by Gasteiger charge is 2.30. The second-order valence-electron chi connectivity index (χ2n) is 4.38. The molecule has 0 aromatic carbocycles. The number of halogens is 1. The van der Waals surface area contributed by atoms with E-state index in [0.717, 1.165) is 18.4 Å². The zero-order valence-corrected chi connectivity index (χ0v) is 9.60. The maximum Gasteiger partial charge on any atom is 0.417 e. The second-order valence-corrected chi connectivity index (χ2v) is 4.38. The smallest absolute Gasteiger partial charge is 0.414 e. The van der Waals surface area contributed by atoms with E-state index in [9.17, 15) is 9.18 Å². The van der Waals surface area contributed by atoms with Gasteiger partial charge in [0.15, 0.2) is 0 Å². The molecule has 18 heavy (non-hydrogen) atoms. The van der Waals surface area contributed by atoms with Crippen molar-refractivity contribution < 1.29 is 8.81 Å². The number of nitrogens with zero attached hydrogens (tertiary/aromatic N) is 2. The number of nitrogens with one attached hydrogen (secondary N) is 1. The summed E-state index contributed by atoms with van der Waals surface area (Å²) < 4.78 is 17.5. The molecule has 0 spiro atoms. The molecule has 0 unspecified atom stereocenters. The molecule has 1 saturated carbocycles. The van der Waals surface area contributed by atoms with E-state index in [2.05, 4.69) is 9.97 Å². The van der Waals surface area contributed by atoms with Crippen LogP contribution in [-0.2, 0) is 6.54 Å². The topological polar surface area (TPSA) is 62.1 Å². The lowest BCUT2D eigenvalue weighted by molar-refractivity contribution is 0.515. The van der Waals surface area contributed by atoms with Crippen LogP contribution in [0.15, 0.2) is 33.8 Å². The van der Waals surface area contributed by atoms with Gasteiger partial charge < -0.3 is 9.32 Å². The highest BCUT2D eigenvalue weighted by Crippen LogP contribution is 2.31. The molecule has 2 aromatic heterocycles. The highest BCUT2D eigenvalue weighted by molar-refractivity contribution is 5.39. The molecule has 5 nitrogen and oxygen atoms in total. The van der Waals surface area contributed by atoms with Crippen LogP contribution in [0.2, 0.25) is 0 Å². The lowest BCUT2D eigenvalue weighted by Gasteiger charge is -2.21. The number of pyridine rings is 1. The summed E-state index contributed by atoms with van der Waals surface area (Å²) in [5.74, 6) is -0.298. The van der Waals surface area contributed by atoms with Crippen LogP contribution in [0.4, 0.5) is 10.2 Å². The van der Waals surface area contributed by atoms with E-state index in [4.69, 9.17) is 4.42 Å². The molecule has 1 N–H and O–H groups in total. The first-order chi connectivity index (χ1) is 8.72. The molecule has 6 heteroatoms. The number of oxazole rings is 1. The molecule has 2 heterocycles. The summed E-state index contributed by atoms with van der Waals surface area (Å²) in [5.41, 5.74) is 0.894. The van der Waals surface area contributed by atoms with Gasteiger partial charge >= 0.3 is 5.76 Å². The zero-order valence-electron chi connectivity index (χ0n) is 9.60. The van der Waals surface area contributed by atoms with Crippen molar-refractivity contribution in [3.05, 3.63) is 46.7 Å². The van der Waals surface area contributed by atoms with E-state index in [-0.39, 0.29) is 0 Å². The van der Waals surface area contributed by atoms with Gasteiger partial charge in [0, 0.05) is 18.8 Å². The van der Waals surface area contributed by atoms with Crippen LogP contribution in [0.3, 0.4) is 0 Å². The first-order valence-electron chi connectivity index (χ1n) is 5.77. The van der Waals surface area contributed by atoms with Gasteiger partial charge in [-0.1, -0.05) is 6.07 Å². The normalized spacial score (nSPS) is 14.7. The maximum absolute atomic E-state index is 12.7. The molecule has 0 saturated heterocycles. The lowest BCUT2D eigenvalue weighted by Crippen LogP contribution is -2.26. The van der Waals surface area contributed by atoms with Crippen molar-refractivity contribution >= 4 is 5.82 Å². The van der Waals surface area contributed by atoms with E-state index >= 15 is 0 Å². The largest absolute Gasteiger partial charge is 0.417 e. The van der Waals surface area contributed by atoms with Crippen molar-refractivity contribution in [1.29, 1.82) is 0 Å². The molecule has 0 aliphatic heterocycles. The molecule has 2 aromatic rings. The Hall–Kier alpha value is -2.11. The van der Waals surface area contributed by atoms with Gasteiger partial charge in [0.2, 0.25) is 5.95 Å². The summed E-state index contributed by atoms with van der Waals surface area (Å²) in [6.07, 6.45) is 5.09. The summed E-state index contributed by atoms with van der Waals surface area (Å²) >= 11 is 0. The number of H-pyrrole nitrogens is 1. The number of anilines is 1. The molecule has 0 bridgehead atoms. The number of rotatable bonds is 4. The molecule has 3 rings (SSSR count). The number of hydrogen-bond acceptors (Lipinski definition) is 4. The van der Waals surface area contributed by atoms with Crippen LogP contribution >= 0.6 is 0 Å². The van der Waals surface area contributed by atoms with Crippen LogP contribution < -0.4 is 10.7 Å². The summed E-state index contributed by atoms with van der Waals surface area (Å²) in [7, 11) is 0. The number of hydrogen-bond donors (Lipinski definition) is 1. The molecule has 1 fully saturated rings. The first-order valence-corrected chi connectivity index (χ1v) is 5.77. The summed E-state index contributed by atoms with van der Waals surface area (Å²) in [5, 5.41) is 0. The van der Waals surface area contributed by atoms with Crippen molar-refractivity contribution in [2.45, 2.75) is 25.4 Å². The van der Waals surface area contributed by atoms with Crippen molar-refractivity contribution in [3.63, 3.8) is 0 Å². The number of aromatic amines is 1. The van der Waals surface area contributed by atoms with Crippen LogP contribution in [-0.4, -0.2) is 16.0 Å².